The molecule has 0 aliphatic heterocycles. The van der Waals surface area contributed by atoms with Crippen molar-refractivity contribution >= 4 is 12.2 Å². The monoisotopic (exact) mass is 383 g/mol. The van der Waals surface area contributed by atoms with Crippen molar-refractivity contribution in [3.8, 4) is 11.3 Å². The summed E-state index contributed by atoms with van der Waals surface area (Å²) >= 11 is 0. The Bertz CT molecular complexity index is 956. The number of nitrogens with zero attached hydrogens (tertiary/aromatic N) is 2. The average Bonchev–Trinajstić information content (AvgIpc) is 3.13. The van der Waals surface area contributed by atoms with Gasteiger partial charge in [0.1, 0.15) is 5.69 Å². The van der Waals surface area contributed by atoms with E-state index in [1.807, 2.05) is 0 Å². The van der Waals surface area contributed by atoms with Gasteiger partial charge >= 0.3 is 12.4 Å². The van der Waals surface area contributed by atoms with Crippen molar-refractivity contribution in [3.05, 3.63) is 70.9 Å². The number of hydrogen-bond acceptors (Lipinski definition) is 2. The van der Waals surface area contributed by atoms with Crippen molar-refractivity contribution in [3.63, 3.8) is 0 Å². The molecule has 0 aliphatic carbocycles. The molecule has 3 aromatic rings. The lowest BCUT2D eigenvalue weighted by atomic mass is 10.0. The van der Waals surface area contributed by atoms with E-state index in [1.54, 1.807) is 0 Å². The lowest BCUT2D eigenvalue weighted by Crippen LogP contribution is -2.05. The maximum absolute atomic E-state index is 13.1. The van der Waals surface area contributed by atoms with Crippen LogP contribution in [-0.4, -0.2) is 15.4 Å². The Morgan fingerprint density at radius 3 is 2.07 bits per heavy atom. The van der Waals surface area contributed by atoms with Crippen LogP contribution >= 0.6 is 0 Å². The van der Waals surface area contributed by atoms with E-state index in [0.29, 0.717) is 0 Å². The fourth-order valence-corrected chi connectivity index (χ4v) is 2.41. The second-order valence-corrected chi connectivity index (χ2v) is 5.65. The molecule has 0 amide bonds. The predicted molar refractivity (Wildman–Crippen MR) is 87.2 cm³/mol. The highest BCUT2D eigenvalue weighted by Crippen LogP contribution is 2.34. The van der Waals surface area contributed by atoms with Crippen LogP contribution in [0, 0.1) is 0 Å². The first-order chi connectivity index (χ1) is 12.6. The number of hydrogen-bond donors (Lipinski definition) is 1. The first-order valence-corrected chi connectivity index (χ1v) is 7.57. The van der Waals surface area contributed by atoms with Gasteiger partial charge in [0.2, 0.25) is 0 Å². The molecule has 0 radical (unpaired) electrons. The van der Waals surface area contributed by atoms with E-state index < -0.39 is 23.5 Å². The van der Waals surface area contributed by atoms with E-state index in [2.05, 4.69) is 15.4 Å². The highest BCUT2D eigenvalue weighted by molar-refractivity contribution is 5.73. The maximum atomic E-state index is 13.1. The molecule has 2 aromatic carbocycles. The van der Waals surface area contributed by atoms with Gasteiger partial charge in [-0.1, -0.05) is 24.3 Å². The average molecular weight is 383 g/mol. The smallest absolute Gasteiger partial charge is 0.197 e. The Balaban J connectivity index is 1.99. The quantitative estimate of drug-likeness (QED) is 0.467. The van der Waals surface area contributed by atoms with E-state index in [0.717, 1.165) is 24.3 Å². The van der Waals surface area contributed by atoms with Crippen LogP contribution < -0.4 is 0 Å². The number of alkyl halides is 6. The molecular weight excluding hydrogens is 372 g/mol. The number of halogens is 6. The minimum Gasteiger partial charge on any atom is -0.197 e. The van der Waals surface area contributed by atoms with Gasteiger partial charge in [0.25, 0.3) is 0 Å². The highest BCUT2D eigenvalue weighted by atomic mass is 19.4. The molecule has 3 rings (SSSR count). The van der Waals surface area contributed by atoms with Crippen LogP contribution in [0.3, 0.4) is 0 Å². The third kappa shape index (κ3) is 4.55. The summed E-state index contributed by atoms with van der Waals surface area (Å²) in [6.45, 7) is 0. The Labute approximate surface area is 149 Å². The molecule has 3 nitrogen and oxygen atoms in total. The highest BCUT2D eigenvalue weighted by Gasteiger charge is 2.31. The summed E-state index contributed by atoms with van der Waals surface area (Å²) in [5.74, 6) is 0. The van der Waals surface area contributed by atoms with Crippen molar-refractivity contribution in [1.29, 1.82) is 0 Å². The van der Waals surface area contributed by atoms with Gasteiger partial charge in [0, 0.05) is 5.56 Å². The van der Waals surface area contributed by atoms with Crippen LogP contribution in [0.1, 0.15) is 22.3 Å². The number of aromatic nitrogens is 3. The Morgan fingerprint density at radius 1 is 0.778 bits per heavy atom. The molecule has 0 saturated carbocycles. The van der Waals surface area contributed by atoms with Gasteiger partial charge in [-0.05, 0) is 41.5 Å². The largest absolute Gasteiger partial charge is 0.416 e. The molecule has 1 N–H and O–H groups in total. The SMILES string of the molecule is FC(F)(F)c1cccc(/C=C/c2cc(-c3cn[nH]n3)cc(C(F)(F)F)c2)c1. The second kappa shape index (κ2) is 6.90. The molecule has 0 saturated heterocycles. The number of benzene rings is 2. The zero-order valence-corrected chi connectivity index (χ0v) is 13.4. The molecule has 140 valence electrons. The summed E-state index contributed by atoms with van der Waals surface area (Å²) in [7, 11) is 0. The Kier molecular flexibility index (Phi) is 4.77. The molecule has 1 aromatic heterocycles. The standard InChI is InChI=1S/C18H11F6N3/c19-17(20,21)14-3-1-2-11(7-14)4-5-12-6-13(16-10-25-27-26-16)9-15(8-12)18(22,23)24/h1-10H,(H,25,26,27)/b5-4+. The molecular formula is C18H11F6N3. The number of nitrogens with one attached hydrogen (secondary N) is 1. The van der Waals surface area contributed by atoms with Crippen LogP contribution in [0.25, 0.3) is 23.4 Å². The van der Waals surface area contributed by atoms with Crippen molar-refractivity contribution in [2.45, 2.75) is 12.4 Å². The third-order valence-electron chi connectivity index (χ3n) is 3.68. The summed E-state index contributed by atoms with van der Waals surface area (Å²) in [5, 5.41) is 9.64. The second-order valence-electron chi connectivity index (χ2n) is 5.65. The molecule has 0 spiro atoms. The van der Waals surface area contributed by atoms with Gasteiger partial charge in [-0.15, -0.1) is 0 Å². The predicted octanol–water partition coefficient (Wildman–Crippen LogP) is 5.68. The normalized spacial score (nSPS) is 12.7. The zero-order valence-electron chi connectivity index (χ0n) is 13.4. The molecule has 9 heteroatoms. The van der Waals surface area contributed by atoms with Gasteiger partial charge in [-0.2, -0.15) is 41.8 Å². The molecule has 27 heavy (non-hydrogen) atoms. The van der Waals surface area contributed by atoms with E-state index in [1.165, 1.54) is 36.5 Å². The topological polar surface area (TPSA) is 41.6 Å². The van der Waals surface area contributed by atoms with Gasteiger partial charge in [-0.3, -0.25) is 0 Å². The summed E-state index contributed by atoms with van der Waals surface area (Å²) in [4.78, 5) is 0. The molecule has 1 heterocycles. The van der Waals surface area contributed by atoms with Crippen molar-refractivity contribution < 1.29 is 26.3 Å². The fourth-order valence-electron chi connectivity index (χ4n) is 2.41. The number of rotatable bonds is 3. The Morgan fingerprint density at radius 2 is 1.44 bits per heavy atom. The number of aromatic amines is 1. The molecule has 0 atom stereocenters. The van der Waals surface area contributed by atoms with Crippen LogP contribution in [0.15, 0.2) is 48.7 Å². The van der Waals surface area contributed by atoms with Gasteiger partial charge in [-0.25, -0.2) is 0 Å². The lowest BCUT2D eigenvalue weighted by molar-refractivity contribution is -0.138. The molecule has 0 bridgehead atoms. The van der Waals surface area contributed by atoms with E-state index in [9.17, 15) is 26.3 Å². The number of H-pyrrole nitrogens is 1. The molecule has 0 fully saturated rings. The fraction of sp³-hybridized carbons (Fsp3) is 0.111. The first-order valence-electron chi connectivity index (χ1n) is 7.57. The lowest BCUT2D eigenvalue weighted by Gasteiger charge is -2.10. The molecule has 0 aliphatic rings. The first kappa shape index (κ1) is 18.7. The van der Waals surface area contributed by atoms with Crippen molar-refractivity contribution in [2.24, 2.45) is 0 Å². The summed E-state index contributed by atoms with van der Waals surface area (Å²) < 4.78 is 77.7. The van der Waals surface area contributed by atoms with Crippen LogP contribution in [-0.2, 0) is 12.4 Å². The summed E-state index contributed by atoms with van der Waals surface area (Å²) in [6, 6.07) is 7.78. The minimum atomic E-state index is -4.58. The maximum Gasteiger partial charge on any atom is 0.416 e. The van der Waals surface area contributed by atoms with Crippen LogP contribution in [0.5, 0.6) is 0 Å². The van der Waals surface area contributed by atoms with Crippen molar-refractivity contribution in [2.75, 3.05) is 0 Å². The zero-order chi connectivity index (χ0) is 19.7. The Hall–Kier alpha value is -3.10. The van der Waals surface area contributed by atoms with E-state index >= 15 is 0 Å². The van der Waals surface area contributed by atoms with Crippen LogP contribution in [0.4, 0.5) is 26.3 Å². The van der Waals surface area contributed by atoms with Gasteiger partial charge in [0.05, 0.1) is 17.3 Å². The minimum absolute atomic E-state index is 0.167. The van der Waals surface area contributed by atoms with Gasteiger partial charge < -0.3 is 0 Å². The van der Waals surface area contributed by atoms with E-state index in [-0.39, 0.29) is 22.4 Å². The summed E-state index contributed by atoms with van der Waals surface area (Å²) in [5.41, 5.74) is -0.953. The van der Waals surface area contributed by atoms with Crippen LogP contribution in [0.2, 0.25) is 0 Å². The van der Waals surface area contributed by atoms with E-state index in [4.69, 9.17) is 0 Å². The molecule has 0 unspecified atom stereocenters. The third-order valence-corrected chi connectivity index (χ3v) is 3.68. The van der Waals surface area contributed by atoms with Gasteiger partial charge in [0.15, 0.2) is 0 Å². The van der Waals surface area contributed by atoms with Crippen molar-refractivity contribution in [1.82, 2.24) is 15.4 Å². The summed E-state index contributed by atoms with van der Waals surface area (Å²) in [6.07, 6.45) is -5.18.